The normalized spacial score (nSPS) is 10.3. The first-order valence-corrected chi connectivity index (χ1v) is 13.0. The molecule has 0 radical (unpaired) electrons. The van der Waals surface area contributed by atoms with Gasteiger partial charge in [-0.25, -0.2) is 9.97 Å². The minimum Gasteiger partial charge on any atom is -0.497 e. The molecule has 0 saturated heterocycles. The van der Waals surface area contributed by atoms with Crippen molar-refractivity contribution in [3.05, 3.63) is 106 Å². The van der Waals surface area contributed by atoms with Crippen LogP contribution in [-0.4, -0.2) is 34.8 Å². The number of hydrogen-bond acceptors (Lipinski definition) is 7. The number of ether oxygens (including phenoxy) is 1. The van der Waals surface area contributed by atoms with Crippen molar-refractivity contribution in [2.45, 2.75) is 6.92 Å². The number of nitrogens with one attached hydrogen (secondary N) is 4. The molecule has 4 rings (SSSR count). The van der Waals surface area contributed by atoms with Crippen molar-refractivity contribution in [3.8, 4) is 5.75 Å². The van der Waals surface area contributed by atoms with Gasteiger partial charge in [0.15, 0.2) is 0 Å². The molecule has 40 heavy (non-hydrogen) atoms. The number of aryl methyl sites for hydroxylation is 1. The van der Waals surface area contributed by atoms with Crippen molar-refractivity contribution < 1.29 is 19.1 Å². The Morgan fingerprint density at radius 2 is 1.55 bits per heavy atom. The Kier molecular flexibility index (Phi) is 9.07. The first-order chi connectivity index (χ1) is 19.2. The molecule has 0 bridgehead atoms. The number of nitrogens with zero attached hydrogens (tertiary/aromatic N) is 2. The van der Waals surface area contributed by atoms with Crippen LogP contribution in [0.25, 0.3) is 0 Å². The topological polar surface area (TPSA) is 134 Å². The Morgan fingerprint density at radius 3 is 2.27 bits per heavy atom. The van der Waals surface area contributed by atoms with Crippen LogP contribution >= 0.6 is 22.6 Å². The van der Waals surface area contributed by atoms with Gasteiger partial charge in [0.2, 0.25) is 11.9 Å². The van der Waals surface area contributed by atoms with Crippen molar-refractivity contribution in [1.29, 1.82) is 0 Å². The van der Waals surface area contributed by atoms with Gasteiger partial charge in [-0.2, -0.15) is 0 Å². The maximum absolute atomic E-state index is 13.0. The minimum atomic E-state index is -0.375. The molecule has 0 fully saturated rings. The number of rotatable bonds is 9. The Morgan fingerprint density at radius 1 is 0.850 bits per heavy atom. The summed E-state index contributed by atoms with van der Waals surface area (Å²) in [7, 11) is 1.54. The van der Waals surface area contributed by atoms with Crippen LogP contribution in [0.1, 0.15) is 26.3 Å². The SMILES string of the molecule is C=CC(=O)Nc1cccc(Nc2ncc(NC(=O)c3cc(NC(=O)c4cc(I)cc(OC)c4)ccc3C)cn2)c1. The molecule has 0 spiro atoms. The van der Waals surface area contributed by atoms with E-state index in [1.165, 1.54) is 18.5 Å². The molecule has 3 amide bonds. The van der Waals surface area contributed by atoms with Gasteiger partial charge in [-0.15, -0.1) is 0 Å². The average Bonchev–Trinajstić information content (AvgIpc) is 2.94. The molecule has 11 heteroatoms. The van der Waals surface area contributed by atoms with Gasteiger partial charge in [0.1, 0.15) is 5.75 Å². The number of anilines is 5. The highest BCUT2D eigenvalue weighted by atomic mass is 127. The maximum atomic E-state index is 13.0. The van der Waals surface area contributed by atoms with E-state index in [4.69, 9.17) is 4.74 Å². The summed E-state index contributed by atoms with van der Waals surface area (Å²) >= 11 is 2.12. The summed E-state index contributed by atoms with van der Waals surface area (Å²) in [4.78, 5) is 45.9. The van der Waals surface area contributed by atoms with Gasteiger partial charge < -0.3 is 26.0 Å². The van der Waals surface area contributed by atoms with E-state index in [0.29, 0.717) is 45.6 Å². The lowest BCUT2D eigenvalue weighted by molar-refractivity contribution is -0.111. The Hall–Kier alpha value is -4.78. The predicted molar refractivity (Wildman–Crippen MR) is 163 cm³/mol. The van der Waals surface area contributed by atoms with Crippen LogP contribution in [0.5, 0.6) is 5.75 Å². The Bertz CT molecular complexity index is 1590. The molecule has 0 atom stereocenters. The van der Waals surface area contributed by atoms with E-state index in [1.54, 1.807) is 68.6 Å². The molecule has 0 saturated carbocycles. The molecule has 4 aromatic rings. The lowest BCUT2D eigenvalue weighted by Crippen LogP contribution is -2.16. The van der Waals surface area contributed by atoms with Crippen LogP contribution in [0.2, 0.25) is 0 Å². The smallest absolute Gasteiger partial charge is 0.256 e. The van der Waals surface area contributed by atoms with E-state index in [9.17, 15) is 14.4 Å². The molecular weight excluding hydrogens is 623 g/mol. The summed E-state index contributed by atoms with van der Waals surface area (Å²) in [5.74, 6) is -0.131. The first-order valence-electron chi connectivity index (χ1n) is 11.9. The summed E-state index contributed by atoms with van der Waals surface area (Å²) in [6.07, 6.45) is 4.14. The first kappa shape index (κ1) is 28.2. The number of hydrogen-bond donors (Lipinski definition) is 4. The zero-order chi connectivity index (χ0) is 28.6. The summed E-state index contributed by atoms with van der Waals surface area (Å²) in [5, 5.41) is 11.3. The summed E-state index contributed by atoms with van der Waals surface area (Å²) in [6, 6.07) is 17.4. The molecule has 4 N–H and O–H groups in total. The lowest BCUT2D eigenvalue weighted by Gasteiger charge is -2.12. The van der Waals surface area contributed by atoms with Crippen LogP contribution in [0, 0.1) is 10.5 Å². The van der Waals surface area contributed by atoms with Crippen LogP contribution in [-0.2, 0) is 4.79 Å². The minimum absolute atomic E-state index is 0.304. The molecule has 1 heterocycles. The summed E-state index contributed by atoms with van der Waals surface area (Å²) in [5.41, 5.74) is 3.67. The fraction of sp³-hybridized carbons (Fsp3) is 0.0690. The second-order valence-corrected chi connectivity index (χ2v) is 9.76. The van der Waals surface area contributed by atoms with Gasteiger partial charge in [0.25, 0.3) is 11.8 Å². The third kappa shape index (κ3) is 7.41. The molecule has 0 aliphatic heterocycles. The second kappa shape index (κ2) is 12.8. The molecule has 0 unspecified atom stereocenters. The van der Waals surface area contributed by atoms with Gasteiger partial charge in [-0.1, -0.05) is 18.7 Å². The number of carbonyl (C=O) groups excluding carboxylic acids is 3. The molecular formula is C29H25IN6O4. The number of aromatic nitrogens is 2. The van der Waals surface area contributed by atoms with Gasteiger partial charge in [0, 0.05) is 31.8 Å². The molecule has 1 aromatic heterocycles. The van der Waals surface area contributed by atoms with Gasteiger partial charge >= 0.3 is 0 Å². The zero-order valence-corrected chi connectivity index (χ0v) is 23.8. The summed E-state index contributed by atoms with van der Waals surface area (Å²) < 4.78 is 6.11. The molecule has 0 aliphatic carbocycles. The van der Waals surface area contributed by atoms with E-state index >= 15 is 0 Å². The third-order valence-corrected chi connectivity index (χ3v) is 6.21. The van der Waals surface area contributed by atoms with Crippen LogP contribution < -0.4 is 26.0 Å². The quantitative estimate of drug-likeness (QED) is 0.134. The van der Waals surface area contributed by atoms with Crippen molar-refractivity contribution >= 4 is 69.0 Å². The fourth-order valence-corrected chi connectivity index (χ4v) is 4.25. The van der Waals surface area contributed by atoms with E-state index in [0.717, 1.165) is 9.13 Å². The summed E-state index contributed by atoms with van der Waals surface area (Å²) in [6.45, 7) is 5.24. The molecule has 0 aliphatic rings. The number of methoxy groups -OCH3 is 1. The fourth-order valence-electron chi connectivity index (χ4n) is 3.61. The van der Waals surface area contributed by atoms with Crippen LogP contribution in [0.15, 0.2) is 85.7 Å². The van der Waals surface area contributed by atoms with E-state index in [2.05, 4.69) is 60.4 Å². The highest BCUT2D eigenvalue weighted by molar-refractivity contribution is 14.1. The van der Waals surface area contributed by atoms with Gasteiger partial charge in [0.05, 0.1) is 25.2 Å². The monoisotopic (exact) mass is 648 g/mol. The number of benzene rings is 3. The number of halogens is 1. The standard InChI is InChI=1S/C29H25IN6O4/c1-4-26(37)33-20-6-5-7-21(13-20)36-29-31-15-23(16-32-29)35-28(39)25-14-22(9-8-17(25)2)34-27(38)18-10-19(30)12-24(11-18)40-3/h4-16H,1H2,2-3H3,(H,33,37)(H,34,38)(H,35,39)(H,31,32,36). The zero-order valence-electron chi connectivity index (χ0n) is 21.6. The Labute approximate surface area is 244 Å². The highest BCUT2D eigenvalue weighted by Gasteiger charge is 2.14. The molecule has 3 aromatic carbocycles. The predicted octanol–water partition coefficient (Wildman–Crippen LogP) is 5.77. The third-order valence-electron chi connectivity index (χ3n) is 5.59. The Balaban J connectivity index is 1.42. The largest absolute Gasteiger partial charge is 0.497 e. The maximum Gasteiger partial charge on any atom is 0.256 e. The van der Waals surface area contributed by atoms with E-state index in [-0.39, 0.29) is 17.7 Å². The number of carbonyl (C=O) groups is 3. The van der Waals surface area contributed by atoms with Crippen molar-refractivity contribution in [2.75, 3.05) is 28.4 Å². The number of amides is 3. The van der Waals surface area contributed by atoms with Crippen LogP contribution in [0.4, 0.5) is 28.7 Å². The van der Waals surface area contributed by atoms with Gasteiger partial charge in [-0.05, 0) is 89.7 Å². The van der Waals surface area contributed by atoms with Crippen molar-refractivity contribution in [3.63, 3.8) is 0 Å². The van der Waals surface area contributed by atoms with Crippen molar-refractivity contribution in [1.82, 2.24) is 9.97 Å². The van der Waals surface area contributed by atoms with Gasteiger partial charge in [-0.3, -0.25) is 14.4 Å². The average molecular weight is 648 g/mol. The molecule has 10 nitrogen and oxygen atoms in total. The van der Waals surface area contributed by atoms with E-state index in [1.807, 2.05) is 6.07 Å². The second-order valence-electron chi connectivity index (χ2n) is 8.51. The lowest BCUT2D eigenvalue weighted by atomic mass is 10.1. The molecule has 202 valence electrons. The van der Waals surface area contributed by atoms with E-state index < -0.39 is 0 Å². The highest BCUT2D eigenvalue weighted by Crippen LogP contribution is 2.22. The van der Waals surface area contributed by atoms with Crippen molar-refractivity contribution in [2.24, 2.45) is 0 Å². The van der Waals surface area contributed by atoms with Crippen LogP contribution in [0.3, 0.4) is 0 Å².